The Bertz CT molecular complexity index is 1360. The molecule has 206 valence electrons. The molecule has 39 heavy (non-hydrogen) atoms. The first-order valence-corrected chi connectivity index (χ1v) is 14.5. The molecule has 1 N–H and O–H groups in total. The molecule has 0 fully saturated rings. The zero-order valence-electron chi connectivity index (χ0n) is 23.2. The molecule has 1 aliphatic carbocycles. The van der Waals surface area contributed by atoms with Gasteiger partial charge in [0.2, 0.25) is 0 Å². The van der Waals surface area contributed by atoms with Gasteiger partial charge in [-0.05, 0) is 36.1 Å². The fourth-order valence-electron chi connectivity index (χ4n) is 6.18. The molecule has 0 amide bonds. The number of hydrogen-bond acceptors (Lipinski definition) is 3. The molecule has 5 rings (SSSR count). The van der Waals surface area contributed by atoms with Gasteiger partial charge in [-0.25, -0.2) is 0 Å². The molecule has 0 radical (unpaired) electrons. The van der Waals surface area contributed by atoms with E-state index in [9.17, 15) is 5.11 Å². The maximum absolute atomic E-state index is 11.1. The van der Waals surface area contributed by atoms with E-state index < -0.39 is 0 Å². The first-order valence-electron chi connectivity index (χ1n) is 14.5. The Morgan fingerprint density at radius 3 is 2.05 bits per heavy atom. The van der Waals surface area contributed by atoms with Crippen molar-refractivity contribution in [2.24, 2.45) is 0 Å². The van der Waals surface area contributed by atoms with Crippen molar-refractivity contribution in [1.82, 2.24) is 9.97 Å². The fraction of sp³-hybridized carbons (Fsp3) is 0.371. The second-order valence-electron chi connectivity index (χ2n) is 10.7. The zero-order valence-corrected chi connectivity index (χ0v) is 25.4. The number of nitrogens with zero attached hydrogens (tertiary/aromatic N) is 2. The molecule has 0 unspecified atom stereocenters. The van der Waals surface area contributed by atoms with Crippen LogP contribution in [0.25, 0.3) is 33.8 Å². The van der Waals surface area contributed by atoms with Crippen LogP contribution < -0.4 is 0 Å². The molecule has 3 nitrogen and oxygen atoms in total. The van der Waals surface area contributed by atoms with E-state index in [4.69, 9.17) is 4.98 Å². The Labute approximate surface area is 248 Å². The predicted molar refractivity (Wildman–Crippen MR) is 157 cm³/mol. The normalized spacial score (nSPS) is 13.0. The molecule has 0 spiro atoms. The van der Waals surface area contributed by atoms with Crippen molar-refractivity contribution < 1.29 is 26.2 Å². The Morgan fingerprint density at radius 2 is 1.38 bits per heavy atom. The van der Waals surface area contributed by atoms with Gasteiger partial charge in [0.25, 0.3) is 0 Å². The van der Waals surface area contributed by atoms with Crippen LogP contribution in [-0.4, -0.2) is 15.1 Å². The van der Waals surface area contributed by atoms with E-state index in [0.717, 1.165) is 46.6 Å². The smallest absolute Gasteiger partial charge is 0.125 e. The van der Waals surface area contributed by atoms with Crippen molar-refractivity contribution in [2.75, 3.05) is 0 Å². The molecule has 0 bridgehead atoms. The predicted octanol–water partition coefficient (Wildman–Crippen LogP) is 9.52. The molecule has 0 atom stereocenters. The van der Waals surface area contributed by atoms with Gasteiger partial charge in [-0.3, -0.25) is 9.97 Å². The summed E-state index contributed by atoms with van der Waals surface area (Å²) < 4.78 is 0. The third kappa shape index (κ3) is 6.04. The molecule has 4 heteroatoms. The molecule has 2 aromatic heterocycles. The van der Waals surface area contributed by atoms with E-state index in [1.165, 1.54) is 62.5 Å². The van der Waals surface area contributed by atoms with E-state index in [-0.39, 0.29) is 26.5 Å². The summed E-state index contributed by atoms with van der Waals surface area (Å²) >= 11 is 0. The van der Waals surface area contributed by atoms with Crippen LogP contribution >= 0.6 is 0 Å². The van der Waals surface area contributed by atoms with Crippen molar-refractivity contribution in [3.8, 4) is 39.5 Å². The number of rotatable bonds is 12. The van der Waals surface area contributed by atoms with Crippen molar-refractivity contribution in [3.05, 3.63) is 90.1 Å². The molecule has 0 saturated heterocycles. The minimum Gasteiger partial charge on any atom is -0.507 e. The van der Waals surface area contributed by atoms with Crippen LogP contribution in [0.2, 0.25) is 0 Å². The summed E-state index contributed by atoms with van der Waals surface area (Å²) in [5, 5.41) is 11.1. The molecule has 0 aliphatic heterocycles. The standard InChI is InChI=1S/C35H39N2O.Pt/c1-3-5-7-10-22-35(23-11-8-6-4-2)28-17-14-19-32(38)33(28)34-29(35)20-21-31(37-34)27-16-13-15-26(25-27)30-18-9-12-24-36-30;/h9,12-21,24,38H,3-8,10-11,22-23H2,1-2H3;/q-1;. The Morgan fingerprint density at radius 1 is 0.692 bits per heavy atom. The third-order valence-electron chi connectivity index (χ3n) is 8.13. The van der Waals surface area contributed by atoms with E-state index in [2.05, 4.69) is 49.2 Å². The van der Waals surface area contributed by atoms with E-state index in [1.807, 2.05) is 48.7 Å². The second-order valence-corrected chi connectivity index (χ2v) is 10.7. The van der Waals surface area contributed by atoms with E-state index in [1.54, 1.807) is 0 Å². The van der Waals surface area contributed by atoms with E-state index in [0.29, 0.717) is 5.75 Å². The maximum atomic E-state index is 11.1. The quantitative estimate of drug-likeness (QED) is 0.119. The van der Waals surface area contributed by atoms with Gasteiger partial charge in [0.1, 0.15) is 5.75 Å². The number of fused-ring (bicyclic) bond motifs is 3. The minimum absolute atomic E-state index is 0. The number of phenols is 1. The number of hydrogen-bond donors (Lipinski definition) is 1. The number of aromatic hydroxyl groups is 1. The average molecular weight is 699 g/mol. The van der Waals surface area contributed by atoms with Crippen molar-refractivity contribution in [1.29, 1.82) is 0 Å². The van der Waals surface area contributed by atoms with Crippen LogP contribution in [0.4, 0.5) is 0 Å². The fourth-order valence-corrected chi connectivity index (χ4v) is 6.18. The zero-order chi connectivity index (χ0) is 26.4. The van der Waals surface area contributed by atoms with Crippen molar-refractivity contribution in [2.45, 2.75) is 83.5 Å². The summed E-state index contributed by atoms with van der Waals surface area (Å²) in [5.74, 6) is 0.337. The van der Waals surface area contributed by atoms with Crippen LogP contribution in [0.1, 0.15) is 89.2 Å². The maximum Gasteiger partial charge on any atom is 0.125 e. The topological polar surface area (TPSA) is 46.0 Å². The minimum atomic E-state index is -0.0874. The Kier molecular flexibility index (Phi) is 10.1. The number of unbranched alkanes of at least 4 members (excludes halogenated alkanes) is 6. The largest absolute Gasteiger partial charge is 0.507 e. The van der Waals surface area contributed by atoms with Crippen LogP contribution in [0.5, 0.6) is 5.75 Å². The summed E-state index contributed by atoms with van der Waals surface area (Å²) in [6, 6.07) is 26.1. The van der Waals surface area contributed by atoms with Gasteiger partial charge in [-0.2, -0.15) is 0 Å². The van der Waals surface area contributed by atoms with Crippen LogP contribution in [0.3, 0.4) is 0 Å². The number of benzene rings is 2. The number of phenolic OH excluding ortho intramolecular Hbond substituents is 1. The second kappa shape index (κ2) is 13.5. The van der Waals surface area contributed by atoms with Gasteiger partial charge in [-0.15, -0.1) is 24.3 Å². The first kappa shape index (κ1) is 29.2. The SMILES string of the molecule is CCCCCCC1(CCCCCC)c2ccc(-c3[c-]c(-c4ccccn4)ccc3)nc2-c2c(O)cccc21.[Pt]. The summed E-state index contributed by atoms with van der Waals surface area (Å²) in [6.07, 6.45) is 13.9. The Balaban J connectivity index is 0.00000353. The molecule has 1 aliphatic rings. The molecule has 2 heterocycles. The molecule has 2 aromatic carbocycles. The van der Waals surface area contributed by atoms with Gasteiger partial charge in [0.05, 0.1) is 5.69 Å². The van der Waals surface area contributed by atoms with Gasteiger partial charge < -0.3 is 5.11 Å². The number of aromatic nitrogens is 2. The van der Waals surface area contributed by atoms with E-state index >= 15 is 0 Å². The van der Waals surface area contributed by atoms with Gasteiger partial charge >= 0.3 is 0 Å². The van der Waals surface area contributed by atoms with Gasteiger partial charge in [-0.1, -0.05) is 113 Å². The summed E-state index contributed by atoms with van der Waals surface area (Å²) in [5.41, 5.74) is 8.00. The van der Waals surface area contributed by atoms with Crippen LogP contribution in [-0.2, 0) is 26.5 Å². The van der Waals surface area contributed by atoms with Gasteiger partial charge in [0, 0.05) is 49.6 Å². The molecule has 4 aromatic rings. The summed E-state index contributed by atoms with van der Waals surface area (Å²) in [4.78, 5) is 9.73. The van der Waals surface area contributed by atoms with Crippen LogP contribution in [0, 0.1) is 6.07 Å². The molecular formula is C35H39N2OPt-. The average Bonchev–Trinajstić information content (AvgIpc) is 3.24. The van der Waals surface area contributed by atoms with Crippen molar-refractivity contribution in [3.63, 3.8) is 0 Å². The summed E-state index contributed by atoms with van der Waals surface area (Å²) in [7, 11) is 0. The van der Waals surface area contributed by atoms with Gasteiger partial charge in [0.15, 0.2) is 0 Å². The number of pyridine rings is 2. The van der Waals surface area contributed by atoms with Crippen LogP contribution in [0.15, 0.2) is 72.9 Å². The molecule has 0 saturated carbocycles. The monoisotopic (exact) mass is 698 g/mol. The van der Waals surface area contributed by atoms with Crippen molar-refractivity contribution >= 4 is 0 Å². The molecular weight excluding hydrogens is 659 g/mol. The third-order valence-corrected chi connectivity index (χ3v) is 8.13. The first-order chi connectivity index (χ1) is 18.7. The Hall–Kier alpha value is -2.77. The summed E-state index contributed by atoms with van der Waals surface area (Å²) in [6.45, 7) is 4.54.